The van der Waals surface area contributed by atoms with Crippen LogP contribution in [0.4, 0.5) is 0 Å². The fourth-order valence-electron chi connectivity index (χ4n) is 9.15. The third-order valence-corrected chi connectivity index (χ3v) is 11.9. The zero-order valence-electron chi connectivity index (χ0n) is 32.1. The number of esters is 1. The van der Waals surface area contributed by atoms with E-state index in [1.807, 2.05) is 25.2 Å². The lowest BCUT2D eigenvalue weighted by atomic mass is 9.60. The van der Waals surface area contributed by atoms with Gasteiger partial charge in [-0.05, 0) is 58.1 Å². The van der Waals surface area contributed by atoms with Crippen LogP contribution in [0.1, 0.15) is 88.2 Å². The molecule has 8 rings (SSSR count). The summed E-state index contributed by atoms with van der Waals surface area (Å²) in [5, 5.41) is 25.2. The van der Waals surface area contributed by atoms with Crippen molar-refractivity contribution in [1.82, 2.24) is 4.98 Å². The number of hydrogen-bond donors (Lipinski definition) is 4. The fourth-order valence-corrected chi connectivity index (χ4v) is 9.15. The molecule has 0 radical (unpaired) electrons. The molecule has 14 nitrogen and oxygen atoms in total. The summed E-state index contributed by atoms with van der Waals surface area (Å²) in [6, 6.07) is 1.44. The number of unbranched alkanes of at least 4 members (excludes halogenated alkanes) is 2. The molecule has 6 atom stereocenters. The number of aromatic hydroxyl groups is 1. The number of aromatic amines is 1. The molecular formula is C43H48N3O11+. The van der Waals surface area contributed by atoms with Crippen molar-refractivity contribution in [2.24, 2.45) is 16.8 Å². The summed E-state index contributed by atoms with van der Waals surface area (Å²) < 4.78 is 30.2. The van der Waals surface area contributed by atoms with Crippen LogP contribution in [0.5, 0.6) is 17.2 Å². The molecule has 57 heavy (non-hydrogen) atoms. The van der Waals surface area contributed by atoms with E-state index in [9.17, 15) is 29.4 Å². The monoisotopic (exact) mass is 782 g/mol. The molecule has 4 heterocycles. The highest BCUT2D eigenvalue weighted by Crippen LogP contribution is 2.62. The number of ether oxygens (including phenoxy) is 5. The number of carbonyl (C=O) groups is 3. The van der Waals surface area contributed by atoms with Gasteiger partial charge in [0.05, 0.1) is 48.6 Å². The Hall–Kier alpha value is -5.15. The Kier molecular flexibility index (Phi) is 10.9. The van der Waals surface area contributed by atoms with E-state index in [4.69, 9.17) is 28.7 Å². The second-order valence-corrected chi connectivity index (χ2v) is 15.4. The number of aromatic nitrogens is 1. The first-order chi connectivity index (χ1) is 27.6. The third kappa shape index (κ3) is 6.88. The van der Waals surface area contributed by atoms with Crippen LogP contribution in [0.15, 0.2) is 64.5 Å². The van der Waals surface area contributed by atoms with Crippen LogP contribution in [-0.2, 0) is 24.6 Å². The quantitative estimate of drug-likeness (QED) is 0.0913. The van der Waals surface area contributed by atoms with Crippen LogP contribution in [0, 0.1) is 18.8 Å². The summed E-state index contributed by atoms with van der Waals surface area (Å²) in [4.78, 5) is 64.1. The van der Waals surface area contributed by atoms with Gasteiger partial charge in [-0.2, -0.15) is 0 Å². The van der Waals surface area contributed by atoms with Gasteiger partial charge in [0.1, 0.15) is 24.9 Å². The number of phenolic OH excluding ortho intramolecular Hbond substituents is 1. The number of rotatable bonds is 10. The van der Waals surface area contributed by atoms with E-state index in [-0.39, 0.29) is 47.0 Å². The summed E-state index contributed by atoms with van der Waals surface area (Å²) >= 11 is 0. The summed E-state index contributed by atoms with van der Waals surface area (Å²) in [6.07, 6.45) is 14.3. The number of morpholine rings is 1. The molecule has 0 saturated carbocycles. The van der Waals surface area contributed by atoms with Crippen LogP contribution < -0.4 is 19.9 Å². The predicted octanol–water partition coefficient (Wildman–Crippen LogP) is 2.90. The van der Waals surface area contributed by atoms with Gasteiger partial charge in [-0.25, -0.2) is 4.79 Å². The van der Waals surface area contributed by atoms with Crippen LogP contribution >= 0.6 is 0 Å². The maximum atomic E-state index is 14.5. The van der Waals surface area contributed by atoms with E-state index in [0.29, 0.717) is 24.4 Å². The molecule has 1 fully saturated rings. The van der Waals surface area contributed by atoms with Gasteiger partial charge in [0.25, 0.3) is 5.56 Å². The van der Waals surface area contributed by atoms with E-state index in [2.05, 4.69) is 4.98 Å². The Morgan fingerprint density at radius 1 is 1.09 bits per heavy atom. The molecule has 0 amide bonds. The molecule has 0 bridgehead atoms. The Morgan fingerprint density at radius 2 is 1.89 bits per heavy atom. The van der Waals surface area contributed by atoms with Crippen molar-refractivity contribution in [2.75, 3.05) is 46.2 Å². The molecule has 14 heteroatoms. The number of quaternary nitrogens is 1. The topological polar surface area (TPSA) is 187 Å². The first-order valence-corrected chi connectivity index (χ1v) is 19.8. The number of fused-ring (bicyclic) bond motifs is 6. The molecule has 4 N–H and O–H groups in total. The van der Waals surface area contributed by atoms with Crippen molar-refractivity contribution < 1.29 is 53.2 Å². The van der Waals surface area contributed by atoms with Gasteiger partial charge < -0.3 is 43.8 Å². The van der Waals surface area contributed by atoms with Crippen LogP contribution in [0.2, 0.25) is 0 Å². The maximum absolute atomic E-state index is 14.5. The van der Waals surface area contributed by atoms with Crippen LogP contribution in [0.3, 0.4) is 0 Å². The number of pyridine rings is 1. The SMILES string of the molecule is C/C=C/C=C/C=C/C(=O)O[C@@H]1C=CC[C@H]2C(=NCCCCC[NH+]3CCOCC3)c3c(O)c4c5c(c3O[C@H]12)OCO[C@@H]5C[C@@H]1C(=O)c2cc(C)[nH]c(=O)c2C(=O)[C@]41O. The number of allylic oxidation sites excluding steroid dienone is 6. The highest BCUT2D eigenvalue weighted by molar-refractivity contribution is 6.20. The van der Waals surface area contributed by atoms with E-state index < -0.39 is 70.2 Å². The molecule has 3 aliphatic carbocycles. The van der Waals surface area contributed by atoms with Gasteiger partial charge in [0.15, 0.2) is 35.8 Å². The first-order valence-electron chi connectivity index (χ1n) is 19.8. The highest BCUT2D eigenvalue weighted by atomic mass is 16.7. The lowest BCUT2D eigenvalue weighted by molar-refractivity contribution is -0.908. The number of benzene rings is 1. The van der Waals surface area contributed by atoms with Gasteiger partial charge in [-0.15, -0.1) is 0 Å². The number of aliphatic imine (C=N–C) groups is 1. The molecule has 1 aromatic carbocycles. The zero-order chi connectivity index (χ0) is 39.8. The van der Waals surface area contributed by atoms with E-state index in [1.165, 1.54) is 17.0 Å². The molecule has 6 aliphatic rings. The van der Waals surface area contributed by atoms with Crippen molar-refractivity contribution in [2.45, 2.75) is 69.9 Å². The molecule has 300 valence electrons. The number of carbonyl (C=O) groups excluding carboxylic acids is 3. The Balaban J connectivity index is 1.20. The average molecular weight is 783 g/mol. The van der Waals surface area contributed by atoms with Gasteiger partial charge >= 0.3 is 5.97 Å². The molecule has 2 aromatic rings. The maximum Gasteiger partial charge on any atom is 0.331 e. The number of phenols is 1. The Labute approximate surface area is 329 Å². The number of ketones is 2. The van der Waals surface area contributed by atoms with Gasteiger partial charge in [0, 0.05) is 40.9 Å². The number of aryl methyl sites for hydroxylation is 1. The van der Waals surface area contributed by atoms with Gasteiger partial charge in [-0.3, -0.25) is 19.4 Å². The van der Waals surface area contributed by atoms with Crippen molar-refractivity contribution in [3.8, 4) is 17.2 Å². The van der Waals surface area contributed by atoms with Crippen molar-refractivity contribution in [1.29, 1.82) is 0 Å². The van der Waals surface area contributed by atoms with E-state index >= 15 is 0 Å². The van der Waals surface area contributed by atoms with Crippen molar-refractivity contribution in [3.05, 3.63) is 98.5 Å². The number of H-pyrrole nitrogens is 1. The van der Waals surface area contributed by atoms with E-state index in [1.54, 1.807) is 31.2 Å². The number of nitrogens with one attached hydrogen (secondary N) is 2. The Morgan fingerprint density at radius 3 is 2.70 bits per heavy atom. The lowest BCUT2D eigenvalue weighted by Gasteiger charge is -2.48. The van der Waals surface area contributed by atoms with Crippen molar-refractivity contribution in [3.63, 3.8) is 0 Å². The third-order valence-electron chi connectivity index (χ3n) is 11.9. The normalized spacial score (nSPS) is 28.5. The molecular weight excluding hydrogens is 734 g/mol. The number of nitrogens with zero attached hydrogens (tertiary/aromatic N) is 1. The second kappa shape index (κ2) is 16.0. The smallest absolute Gasteiger partial charge is 0.331 e. The molecule has 3 aliphatic heterocycles. The predicted molar refractivity (Wildman–Crippen MR) is 206 cm³/mol. The van der Waals surface area contributed by atoms with Crippen LogP contribution in [0.25, 0.3) is 0 Å². The number of hydrogen-bond acceptors (Lipinski definition) is 12. The minimum absolute atomic E-state index is 0.0778. The molecule has 0 spiro atoms. The largest absolute Gasteiger partial charge is 0.507 e. The first kappa shape index (κ1) is 38.7. The molecule has 1 aromatic heterocycles. The number of Topliss-reactive ketones (excluding diaryl/α,β-unsaturated/α-hetero) is 2. The van der Waals surface area contributed by atoms with Gasteiger partial charge in [0.2, 0.25) is 5.78 Å². The fraction of sp³-hybridized carbons (Fsp3) is 0.465. The lowest BCUT2D eigenvalue weighted by Crippen LogP contribution is -3.14. The highest BCUT2D eigenvalue weighted by Gasteiger charge is 2.63. The Bertz CT molecular complexity index is 2180. The van der Waals surface area contributed by atoms with E-state index in [0.717, 1.165) is 52.1 Å². The van der Waals surface area contributed by atoms with Gasteiger partial charge in [-0.1, -0.05) is 36.5 Å². The minimum Gasteiger partial charge on any atom is -0.507 e. The zero-order valence-corrected chi connectivity index (χ0v) is 32.1. The summed E-state index contributed by atoms with van der Waals surface area (Å²) in [5.74, 6) is -4.33. The summed E-state index contributed by atoms with van der Waals surface area (Å²) in [7, 11) is 0. The summed E-state index contributed by atoms with van der Waals surface area (Å²) in [6.45, 7) is 8.21. The van der Waals surface area contributed by atoms with Crippen LogP contribution in [-0.4, -0.2) is 96.8 Å². The average Bonchev–Trinajstić information content (AvgIpc) is 3.20. The minimum atomic E-state index is -2.63. The second-order valence-electron chi connectivity index (χ2n) is 15.4. The standard InChI is InChI=1S/C43H47N3O11/c1-3-4-5-6-8-14-30(47)56-28-13-11-12-25-35(44-15-9-7-10-16-46-17-19-53-20-18-46)33-37(49)34-32-29(54-23-55-39(32)40(33)57-38(25)28)22-27-36(48)26-21-24(2)45-42(51)31(26)41(50)43(27,34)52/h3-6,8,11,13-14,21,25,27-29,38,49,52H,7,9-10,12,15-20,22-23H2,1-2H3,(H,45,51)/p+1/b4-3+,6-5+,14-8+,44-35?/t25-,27+,28+,29+,38-,43+/m0/s1. The molecule has 0 unspecified atom stereocenters. The van der Waals surface area contributed by atoms with Crippen molar-refractivity contribution >= 4 is 23.2 Å². The number of aliphatic hydroxyl groups is 1. The summed E-state index contributed by atoms with van der Waals surface area (Å²) in [5.41, 5.74) is -3.13. The molecule has 1 saturated heterocycles.